The van der Waals surface area contributed by atoms with Crippen LogP contribution in [-0.2, 0) is 0 Å². The molecule has 0 spiro atoms. The molecule has 3 aromatic rings. The summed E-state index contributed by atoms with van der Waals surface area (Å²) in [4.78, 5) is 10.8. The summed E-state index contributed by atoms with van der Waals surface area (Å²) >= 11 is 6.16. The quantitative estimate of drug-likeness (QED) is 0.543. The van der Waals surface area contributed by atoms with Gasteiger partial charge >= 0.3 is 0 Å². The predicted molar refractivity (Wildman–Crippen MR) is 70.1 cm³/mol. The first kappa shape index (κ1) is 12.3. The van der Waals surface area contributed by atoms with Gasteiger partial charge in [-0.3, -0.25) is 10.1 Å². The van der Waals surface area contributed by atoms with Gasteiger partial charge in [0.05, 0.1) is 15.6 Å². The van der Waals surface area contributed by atoms with E-state index >= 15 is 0 Å². The Hall–Kier alpha value is -2.74. The van der Waals surface area contributed by atoms with E-state index in [1.165, 1.54) is 23.1 Å². The second-order valence-electron chi connectivity index (χ2n) is 3.89. The number of nitro groups is 1. The van der Waals surface area contributed by atoms with Gasteiger partial charge in [0.2, 0.25) is 0 Å². The topological polar surface area (TPSA) is 91.7 Å². The summed E-state index contributed by atoms with van der Waals surface area (Å²) in [6.07, 6.45) is 4.73. The summed E-state index contributed by atoms with van der Waals surface area (Å²) in [5.74, 6) is 0. The molecule has 20 heavy (non-hydrogen) atoms. The van der Waals surface area contributed by atoms with Crippen molar-refractivity contribution >= 4 is 17.3 Å². The van der Waals surface area contributed by atoms with E-state index in [9.17, 15) is 10.1 Å². The average molecular weight is 291 g/mol. The highest BCUT2D eigenvalue weighted by atomic mass is 35.5. The first-order chi connectivity index (χ1) is 9.66. The van der Waals surface area contributed by atoms with E-state index in [4.69, 9.17) is 11.6 Å². The van der Waals surface area contributed by atoms with Crippen LogP contribution in [0.15, 0.2) is 43.0 Å². The highest BCUT2D eigenvalue weighted by Crippen LogP contribution is 2.31. The number of hydrogen-bond acceptors (Lipinski definition) is 5. The third-order valence-electron chi connectivity index (χ3n) is 2.72. The van der Waals surface area contributed by atoms with Crippen molar-refractivity contribution in [2.75, 3.05) is 0 Å². The van der Waals surface area contributed by atoms with Crippen LogP contribution >= 0.6 is 11.6 Å². The molecule has 0 saturated heterocycles. The third kappa shape index (κ3) is 2.01. The zero-order valence-corrected chi connectivity index (χ0v) is 10.7. The minimum absolute atomic E-state index is 0.0869. The molecule has 0 N–H and O–H groups in total. The fraction of sp³-hybridized carbons (Fsp3) is 0. The first-order valence-electron chi connectivity index (χ1n) is 5.51. The predicted octanol–water partition coefficient (Wildman–Crippen LogP) is 2.01. The lowest BCUT2D eigenvalue weighted by Gasteiger charge is -2.08. The molecule has 0 amide bonds. The van der Waals surface area contributed by atoms with Crippen molar-refractivity contribution in [1.82, 2.24) is 24.8 Å². The Balaban J connectivity index is 2.23. The summed E-state index contributed by atoms with van der Waals surface area (Å²) in [6, 6.07) is 6.39. The fourth-order valence-corrected chi connectivity index (χ4v) is 2.08. The molecule has 2 heterocycles. The van der Waals surface area contributed by atoms with Gasteiger partial charge in [0.15, 0.2) is 0 Å². The first-order valence-corrected chi connectivity index (χ1v) is 5.89. The Morgan fingerprint density at radius 1 is 1.20 bits per heavy atom. The fourth-order valence-electron chi connectivity index (χ4n) is 1.84. The van der Waals surface area contributed by atoms with E-state index in [1.807, 2.05) is 0 Å². The SMILES string of the molecule is O=[N+]([O-])c1cc(-n2cnnn2)c(Cl)cc1-n1cccc1. The number of nitro benzene ring substituents is 1. The zero-order chi connectivity index (χ0) is 14.1. The highest BCUT2D eigenvalue weighted by Gasteiger charge is 2.20. The van der Waals surface area contributed by atoms with Gasteiger partial charge in [0.1, 0.15) is 12.0 Å². The number of halogens is 1. The molecule has 3 rings (SSSR count). The Morgan fingerprint density at radius 3 is 2.55 bits per heavy atom. The van der Waals surface area contributed by atoms with Crippen LogP contribution < -0.4 is 0 Å². The zero-order valence-electron chi connectivity index (χ0n) is 9.92. The molecule has 0 saturated carbocycles. The van der Waals surface area contributed by atoms with Crippen molar-refractivity contribution in [2.45, 2.75) is 0 Å². The molecule has 9 heteroatoms. The van der Waals surface area contributed by atoms with Crippen LogP contribution in [0.1, 0.15) is 0 Å². The lowest BCUT2D eigenvalue weighted by molar-refractivity contribution is -0.384. The van der Waals surface area contributed by atoms with E-state index in [-0.39, 0.29) is 5.69 Å². The van der Waals surface area contributed by atoms with Gasteiger partial charge in [-0.1, -0.05) is 11.6 Å². The summed E-state index contributed by atoms with van der Waals surface area (Å²) in [7, 11) is 0. The maximum atomic E-state index is 11.2. The molecular weight excluding hydrogens is 284 g/mol. The van der Waals surface area contributed by atoms with Gasteiger partial charge < -0.3 is 4.57 Å². The van der Waals surface area contributed by atoms with E-state index < -0.39 is 4.92 Å². The molecule has 1 aromatic carbocycles. The van der Waals surface area contributed by atoms with Crippen molar-refractivity contribution in [3.63, 3.8) is 0 Å². The molecule has 0 atom stereocenters. The van der Waals surface area contributed by atoms with Crippen molar-refractivity contribution in [3.8, 4) is 11.4 Å². The smallest absolute Gasteiger partial charge is 0.295 e. The highest BCUT2D eigenvalue weighted by molar-refractivity contribution is 6.32. The molecular formula is C11H7ClN6O2. The number of tetrazole rings is 1. The van der Waals surface area contributed by atoms with Crippen molar-refractivity contribution < 1.29 is 4.92 Å². The van der Waals surface area contributed by atoms with Crippen LogP contribution in [0, 0.1) is 10.1 Å². The Bertz CT molecular complexity index is 754. The van der Waals surface area contributed by atoms with E-state index in [1.54, 1.807) is 29.1 Å². The molecule has 0 aliphatic heterocycles. The Morgan fingerprint density at radius 2 is 1.95 bits per heavy atom. The normalized spacial score (nSPS) is 10.7. The number of nitrogens with zero attached hydrogens (tertiary/aromatic N) is 6. The molecule has 0 radical (unpaired) electrons. The molecule has 0 bridgehead atoms. The Labute approximate surface area is 117 Å². The molecule has 100 valence electrons. The van der Waals surface area contributed by atoms with Crippen molar-refractivity contribution in [3.05, 3.63) is 58.1 Å². The number of rotatable bonds is 3. The number of hydrogen-bond donors (Lipinski definition) is 0. The van der Waals surface area contributed by atoms with E-state index in [0.29, 0.717) is 16.4 Å². The van der Waals surface area contributed by atoms with Gasteiger partial charge in [0.25, 0.3) is 5.69 Å². The second kappa shape index (κ2) is 4.74. The molecule has 2 aromatic heterocycles. The van der Waals surface area contributed by atoms with E-state index in [2.05, 4.69) is 15.5 Å². The molecule has 8 nitrogen and oxygen atoms in total. The lowest BCUT2D eigenvalue weighted by atomic mass is 10.2. The molecule has 0 aliphatic rings. The minimum atomic E-state index is -0.473. The van der Waals surface area contributed by atoms with Gasteiger partial charge in [-0.15, -0.1) is 5.10 Å². The summed E-state index contributed by atoms with van der Waals surface area (Å²) < 4.78 is 2.89. The summed E-state index contributed by atoms with van der Waals surface area (Å²) in [6.45, 7) is 0. The maximum Gasteiger partial charge on any atom is 0.295 e. The van der Waals surface area contributed by atoms with E-state index in [0.717, 1.165) is 0 Å². The maximum absolute atomic E-state index is 11.2. The van der Waals surface area contributed by atoms with Crippen LogP contribution in [0.25, 0.3) is 11.4 Å². The minimum Gasteiger partial charge on any atom is -0.318 e. The van der Waals surface area contributed by atoms with Crippen LogP contribution in [0.4, 0.5) is 5.69 Å². The third-order valence-corrected chi connectivity index (χ3v) is 3.02. The van der Waals surface area contributed by atoms with Gasteiger partial charge in [-0.2, -0.15) is 4.68 Å². The van der Waals surface area contributed by atoms with Crippen LogP contribution in [0.3, 0.4) is 0 Å². The standard InChI is InChI=1S/C11H7ClN6O2/c12-8-5-10(16-3-1-2-4-16)11(18(19)20)6-9(8)17-7-13-14-15-17/h1-7H. The largest absolute Gasteiger partial charge is 0.318 e. The number of benzene rings is 1. The van der Waals surface area contributed by atoms with Gasteiger partial charge in [-0.25, -0.2) is 0 Å². The van der Waals surface area contributed by atoms with Crippen molar-refractivity contribution in [2.24, 2.45) is 0 Å². The molecule has 0 fully saturated rings. The Kier molecular flexibility index (Phi) is 2.92. The molecule has 0 unspecified atom stereocenters. The van der Waals surface area contributed by atoms with Gasteiger partial charge in [-0.05, 0) is 28.6 Å². The molecule has 0 aliphatic carbocycles. The average Bonchev–Trinajstić information content (AvgIpc) is 3.11. The lowest BCUT2D eigenvalue weighted by Crippen LogP contribution is -2.03. The van der Waals surface area contributed by atoms with Crippen LogP contribution in [-0.4, -0.2) is 29.7 Å². The monoisotopic (exact) mass is 290 g/mol. The second-order valence-corrected chi connectivity index (χ2v) is 4.30. The summed E-state index contributed by atoms with van der Waals surface area (Å²) in [5, 5.41) is 22.2. The number of aromatic nitrogens is 5. The van der Waals surface area contributed by atoms with Crippen LogP contribution in [0.5, 0.6) is 0 Å². The van der Waals surface area contributed by atoms with Gasteiger partial charge in [0, 0.05) is 18.5 Å². The summed E-state index contributed by atoms with van der Waals surface area (Å²) in [5.41, 5.74) is 0.636. The van der Waals surface area contributed by atoms with Crippen LogP contribution in [0.2, 0.25) is 5.02 Å². The van der Waals surface area contributed by atoms with Crippen molar-refractivity contribution in [1.29, 1.82) is 0 Å².